The normalized spacial score (nSPS) is 13.8. The highest BCUT2D eigenvalue weighted by Crippen LogP contribution is 2.33. The Bertz CT molecular complexity index is 856. The number of hydrogen-bond donors (Lipinski definition) is 0. The Labute approximate surface area is 125 Å². The van der Waals surface area contributed by atoms with Crippen LogP contribution in [0.15, 0.2) is 24.3 Å². The van der Waals surface area contributed by atoms with Gasteiger partial charge in [-0.3, -0.25) is 4.79 Å². The summed E-state index contributed by atoms with van der Waals surface area (Å²) in [6, 6.07) is 2.87. The van der Waals surface area contributed by atoms with Crippen molar-refractivity contribution < 1.29 is 27.1 Å². The molecule has 22 heavy (non-hydrogen) atoms. The van der Waals surface area contributed by atoms with Crippen LogP contribution < -0.4 is 0 Å². The van der Waals surface area contributed by atoms with Crippen molar-refractivity contribution in [2.24, 2.45) is 0 Å². The molecular weight excluding hydrogens is 326 g/mol. The van der Waals surface area contributed by atoms with Gasteiger partial charge in [0.05, 0.1) is 5.56 Å². The van der Waals surface area contributed by atoms with E-state index in [4.69, 9.17) is 11.6 Å². The summed E-state index contributed by atoms with van der Waals surface area (Å²) in [5, 5.41) is 12.0. The van der Waals surface area contributed by atoms with Crippen molar-refractivity contribution >= 4 is 28.8 Å². The van der Waals surface area contributed by atoms with Gasteiger partial charge in [-0.05, 0) is 24.3 Å². The van der Waals surface area contributed by atoms with E-state index in [0.29, 0.717) is 12.1 Å². The molecule has 2 aromatic carbocycles. The van der Waals surface area contributed by atoms with Crippen LogP contribution in [0.25, 0.3) is 0 Å². The lowest BCUT2D eigenvalue weighted by Gasteiger charge is -2.04. The molecule has 112 valence electrons. The molecule has 0 unspecified atom stereocenters. The third-order valence-corrected chi connectivity index (χ3v) is 3.37. The van der Waals surface area contributed by atoms with Gasteiger partial charge in [-0.15, -0.1) is 0 Å². The zero-order valence-corrected chi connectivity index (χ0v) is 11.2. The number of ketones is 1. The van der Waals surface area contributed by atoms with Crippen LogP contribution in [-0.4, -0.2) is 16.2 Å². The molecule has 1 aliphatic rings. The van der Waals surface area contributed by atoms with Crippen molar-refractivity contribution in [3.63, 3.8) is 0 Å². The van der Waals surface area contributed by atoms with Crippen LogP contribution in [0.2, 0.25) is 5.02 Å². The van der Waals surface area contributed by atoms with E-state index in [-0.39, 0.29) is 15.3 Å². The first-order valence-corrected chi connectivity index (χ1v) is 6.22. The largest absolute Gasteiger partial charge is 0.618 e. The van der Waals surface area contributed by atoms with Crippen molar-refractivity contribution in [1.82, 2.24) is 0 Å². The second-order valence-electron chi connectivity index (χ2n) is 4.51. The smallest absolute Gasteiger partial charge is 0.273 e. The molecule has 0 N–H and O–H groups in total. The zero-order chi connectivity index (χ0) is 16.2. The van der Waals surface area contributed by atoms with Gasteiger partial charge in [0, 0.05) is 5.02 Å². The van der Waals surface area contributed by atoms with Gasteiger partial charge < -0.3 is 5.21 Å². The van der Waals surface area contributed by atoms with Crippen LogP contribution in [0.1, 0.15) is 15.9 Å². The van der Waals surface area contributed by atoms with Gasteiger partial charge in [-0.2, -0.15) is 9.13 Å². The quantitative estimate of drug-likeness (QED) is 0.346. The van der Waals surface area contributed by atoms with Gasteiger partial charge in [0.1, 0.15) is 5.56 Å². The summed E-state index contributed by atoms with van der Waals surface area (Å²) in [6.45, 7) is 0. The highest BCUT2D eigenvalue weighted by molar-refractivity contribution is 6.52. The standard InChI is InChI=1S/C14H4ClF4NO2/c15-6-3-7-13(10(18)4-6)20(22)12(14(7)21)5-1-8(16)11(19)9(17)2-5/h1-4H. The van der Waals surface area contributed by atoms with Crippen LogP contribution in [-0.2, 0) is 0 Å². The topological polar surface area (TPSA) is 43.1 Å². The lowest BCUT2D eigenvalue weighted by molar-refractivity contribution is -0.358. The highest BCUT2D eigenvalue weighted by atomic mass is 35.5. The summed E-state index contributed by atoms with van der Waals surface area (Å²) in [5.41, 5.74) is -2.15. The van der Waals surface area contributed by atoms with Crippen molar-refractivity contribution in [1.29, 1.82) is 0 Å². The number of fused-ring (bicyclic) bond motifs is 1. The molecule has 3 nitrogen and oxygen atoms in total. The third-order valence-electron chi connectivity index (χ3n) is 3.15. The number of hydrogen-bond acceptors (Lipinski definition) is 2. The van der Waals surface area contributed by atoms with Crippen LogP contribution in [0.5, 0.6) is 0 Å². The molecule has 0 saturated heterocycles. The molecule has 8 heteroatoms. The van der Waals surface area contributed by atoms with Gasteiger partial charge in [-0.1, -0.05) is 11.6 Å². The molecule has 2 aromatic rings. The van der Waals surface area contributed by atoms with Crippen molar-refractivity contribution in [3.8, 4) is 0 Å². The molecule has 0 aliphatic carbocycles. The van der Waals surface area contributed by atoms with Crippen molar-refractivity contribution in [2.75, 3.05) is 0 Å². The predicted octanol–water partition coefficient (Wildman–Crippen LogP) is 3.72. The van der Waals surface area contributed by atoms with Gasteiger partial charge in [0.15, 0.2) is 23.3 Å². The monoisotopic (exact) mass is 329 g/mol. The SMILES string of the molecule is O=C1C(c2cc(F)c(F)c(F)c2)=[N+]([O-])c2c(F)cc(Cl)cc21. The van der Waals surface area contributed by atoms with Gasteiger partial charge in [-0.25, -0.2) is 13.2 Å². The minimum atomic E-state index is -1.74. The van der Waals surface area contributed by atoms with Gasteiger partial charge >= 0.3 is 0 Å². The molecule has 0 spiro atoms. The average Bonchev–Trinajstić information content (AvgIpc) is 2.67. The predicted molar refractivity (Wildman–Crippen MR) is 69.5 cm³/mol. The van der Waals surface area contributed by atoms with Gasteiger partial charge in [0.25, 0.3) is 17.2 Å². The molecule has 0 bridgehead atoms. The van der Waals surface area contributed by atoms with E-state index in [1.165, 1.54) is 0 Å². The van der Waals surface area contributed by atoms with E-state index in [1.54, 1.807) is 0 Å². The molecule has 0 atom stereocenters. The van der Waals surface area contributed by atoms with Crippen molar-refractivity contribution in [3.05, 3.63) is 68.9 Å². The Balaban J connectivity index is 2.26. The van der Waals surface area contributed by atoms with E-state index in [1.807, 2.05) is 0 Å². The summed E-state index contributed by atoms with van der Waals surface area (Å²) >= 11 is 5.61. The summed E-state index contributed by atoms with van der Waals surface area (Å²) in [7, 11) is 0. The van der Waals surface area contributed by atoms with Gasteiger partial charge in [0.2, 0.25) is 0 Å². The Morgan fingerprint density at radius 1 is 0.955 bits per heavy atom. The molecule has 0 saturated carbocycles. The second-order valence-corrected chi connectivity index (χ2v) is 4.95. The molecular formula is C14H4ClF4NO2. The van der Waals surface area contributed by atoms with E-state index in [0.717, 1.165) is 12.1 Å². The number of carbonyl (C=O) groups excluding carboxylic acids is 1. The summed E-state index contributed by atoms with van der Waals surface area (Å²) in [4.78, 5) is 12.2. The Morgan fingerprint density at radius 3 is 2.14 bits per heavy atom. The zero-order valence-electron chi connectivity index (χ0n) is 10.5. The minimum absolute atomic E-state index is 0.0879. The maximum absolute atomic E-state index is 13.8. The first kappa shape index (κ1) is 14.5. The first-order chi connectivity index (χ1) is 10.3. The molecule has 1 aliphatic heterocycles. The summed E-state index contributed by atoms with van der Waals surface area (Å²) in [6.07, 6.45) is 0. The van der Waals surface area contributed by atoms with E-state index in [2.05, 4.69) is 0 Å². The fourth-order valence-corrected chi connectivity index (χ4v) is 2.42. The number of Topliss-reactive ketones (excluding diaryl/α,β-unsaturated/α-hetero) is 1. The number of carbonyl (C=O) groups is 1. The lowest BCUT2D eigenvalue weighted by atomic mass is 10.0. The maximum Gasteiger partial charge on any atom is 0.273 e. The number of benzene rings is 2. The minimum Gasteiger partial charge on any atom is -0.618 e. The molecule has 1 heterocycles. The molecule has 3 rings (SSSR count). The second kappa shape index (κ2) is 4.81. The van der Waals surface area contributed by atoms with Crippen LogP contribution in [0.3, 0.4) is 0 Å². The average molecular weight is 330 g/mol. The highest BCUT2D eigenvalue weighted by Gasteiger charge is 2.40. The third kappa shape index (κ3) is 1.97. The maximum atomic E-state index is 13.8. The number of halogens is 5. The fraction of sp³-hybridized carbons (Fsp3) is 0. The molecule has 0 aromatic heterocycles. The van der Waals surface area contributed by atoms with E-state index < -0.39 is 46.0 Å². The van der Waals surface area contributed by atoms with E-state index >= 15 is 0 Å². The van der Waals surface area contributed by atoms with Crippen molar-refractivity contribution in [2.45, 2.75) is 0 Å². The number of rotatable bonds is 1. The Hall–Kier alpha value is -2.41. The van der Waals surface area contributed by atoms with Crippen LogP contribution in [0.4, 0.5) is 23.2 Å². The molecule has 0 fully saturated rings. The molecule has 0 amide bonds. The summed E-state index contributed by atoms with van der Waals surface area (Å²) < 4.78 is 53.2. The summed E-state index contributed by atoms with van der Waals surface area (Å²) in [5.74, 6) is -6.89. The number of nitrogens with zero attached hydrogens (tertiary/aromatic N) is 1. The van der Waals surface area contributed by atoms with Crippen LogP contribution >= 0.6 is 11.6 Å². The fourth-order valence-electron chi connectivity index (χ4n) is 2.22. The first-order valence-electron chi connectivity index (χ1n) is 5.84. The Kier molecular flexibility index (Phi) is 3.17. The lowest BCUT2D eigenvalue weighted by Crippen LogP contribution is -2.17. The van der Waals surface area contributed by atoms with Crippen LogP contribution in [0, 0.1) is 28.5 Å². The molecule has 0 radical (unpaired) electrons. The Morgan fingerprint density at radius 2 is 1.55 bits per heavy atom. The van der Waals surface area contributed by atoms with E-state index in [9.17, 15) is 27.6 Å².